The highest BCUT2D eigenvalue weighted by atomic mass is 32.2. The van der Waals surface area contributed by atoms with Gasteiger partial charge in [0, 0.05) is 0 Å². The number of carbonyl (C=O) groups is 2. The summed E-state index contributed by atoms with van der Waals surface area (Å²) in [6, 6.07) is 0. The van der Waals surface area contributed by atoms with Crippen molar-refractivity contribution in [2.45, 2.75) is 0 Å². The van der Waals surface area contributed by atoms with Crippen molar-refractivity contribution in [1.82, 2.24) is 0 Å². The standard InChI is InChI=1S/C6H10O3S2/c1-10-3-5(7)9-6(8)4-11-2/h3-4H2,1-2H3. The van der Waals surface area contributed by atoms with Crippen LogP contribution in [0.2, 0.25) is 0 Å². The molecule has 0 rings (SSSR count). The summed E-state index contributed by atoms with van der Waals surface area (Å²) in [7, 11) is 0. The third-order valence-electron chi connectivity index (χ3n) is 0.752. The van der Waals surface area contributed by atoms with Crippen molar-refractivity contribution in [2.75, 3.05) is 24.0 Å². The van der Waals surface area contributed by atoms with Gasteiger partial charge in [-0.15, -0.1) is 0 Å². The smallest absolute Gasteiger partial charge is 0.323 e. The Morgan fingerprint density at radius 2 is 1.45 bits per heavy atom. The van der Waals surface area contributed by atoms with E-state index in [1.165, 1.54) is 23.5 Å². The molecule has 0 aromatic carbocycles. The second-order valence-corrected chi connectivity index (χ2v) is 3.44. The molecule has 11 heavy (non-hydrogen) atoms. The third-order valence-corrected chi connectivity index (χ3v) is 1.80. The Hall–Kier alpha value is -0.160. The van der Waals surface area contributed by atoms with Gasteiger partial charge in [-0.1, -0.05) is 0 Å². The Labute approximate surface area is 74.2 Å². The highest BCUT2D eigenvalue weighted by molar-refractivity contribution is 7.99. The lowest BCUT2D eigenvalue weighted by Gasteiger charge is -1.98. The van der Waals surface area contributed by atoms with E-state index in [1.807, 2.05) is 0 Å². The molecule has 0 fully saturated rings. The third kappa shape index (κ3) is 6.25. The first-order chi connectivity index (χ1) is 5.20. The molecule has 0 aromatic rings. The van der Waals surface area contributed by atoms with Gasteiger partial charge in [0.05, 0.1) is 11.5 Å². The van der Waals surface area contributed by atoms with Crippen LogP contribution >= 0.6 is 23.5 Å². The Bertz CT molecular complexity index is 131. The van der Waals surface area contributed by atoms with Crippen LogP contribution in [0, 0.1) is 0 Å². The number of carbonyl (C=O) groups excluding carboxylic acids is 2. The molecule has 0 aliphatic carbocycles. The Morgan fingerprint density at radius 3 is 1.73 bits per heavy atom. The van der Waals surface area contributed by atoms with Gasteiger partial charge in [-0.05, 0) is 12.5 Å². The van der Waals surface area contributed by atoms with Crippen molar-refractivity contribution >= 4 is 35.5 Å². The second-order valence-electron chi connectivity index (χ2n) is 1.71. The average Bonchev–Trinajstić information content (AvgIpc) is 1.87. The van der Waals surface area contributed by atoms with Gasteiger partial charge in [0.2, 0.25) is 0 Å². The van der Waals surface area contributed by atoms with Crippen LogP contribution in [0.15, 0.2) is 0 Å². The van der Waals surface area contributed by atoms with Gasteiger partial charge >= 0.3 is 11.9 Å². The zero-order valence-corrected chi connectivity index (χ0v) is 8.09. The number of ether oxygens (including phenoxy) is 1. The number of esters is 2. The quantitative estimate of drug-likeness (QED) is 0.489. The van der Waals surface area contributed by atoms with Crippen molar-refractivity contribution in [1.29, 1.82) is 0 Å². The summed E-state index contributed by atoms with van der Waals surface area (Å²) in [4.78, 5) is 21.3. The maximum atomic E-state index is 10.7. The molecule has 0 heterocycles. The normalized spacial score (nSPS) is 9.27. The zero-order valence-electron chi connectivity index (χ0n) is 6.46. The van der Waals surface area contributed by atoms with Gasteiger partial charge < -0.3 is 4.74 Å². The van der Waals surface area contributed by atoms with E-state index >= 15 is 0 Å². The summed E-state index contributed by atoms with van der Waals surface area (Å²) < 4.78 is 4.41. The monoisotopic (exact) mass is 194 g/mol. The molecule has 64 valence electrons. The summed E-state index contributed by atoms with van der Waals surface area (Å²) >= 11 is 2.67. The number of hydrogen-bond donors (Lipinski definition) is 0. The minimum Gasteiger partial charge on any atom is -0.392 e. The minimum atomic E-state index is -0.462. The largest absolute Gasteiger partial charge is 0.392 e. The second kappa shape index (κ2) is 6.54. The van der Waals surface area contributed by atoms with Gasteiger partial charge in [-0.3, -0.25) is 9.59 Å². The molecule has 0 aromatic heterocycles. The Kier molecular flexibility index (Phi) is 6.45. The fourth-order valence-corrected chi connectivity index (χ4v) is 1.01. The summed E-state index contributed by atoms with van der Waals surface area (Å²) in [5, 5.41) is 0. The highest BCUT2D eigenvalue weighted by Crippen LogP contribution is 1.97. The first-order valence-electron chi connectivity index (χ1n) is 2.92. The summed E-state index contributed by atoms with van der Waals surface area (Å²) in [6.07, 6.45) is 3.56. The molecular weight excluding hydrogens is 184 g/mol. The predicted octanol–water partition coefficient (Wildman–Crippen LogP) is 0.782. The van der Waals surface area contributed by atoms with Crippen LogP contribution in [-0.4, -0.2) is 36.0 Å². The fourth-order valence-electron chi connectivity index (χ4n) is 0.422. The SMILES string of the molecule is CSCC(=O)OC(=O)CSC. The van der Waals surface area contributed by atoms with Crippen molar-refractivity contribution < 1.29 is 14.3 Å². The van der Waals surface area contributed by atoms with Crippen LogP contribution in [0.25, 0.3) is 0 Å². The Balaban J connectivity index is 3.49. The molecule has 0 radical (unpaired) electrons. The molecule has 0 saturated heterocycles. The van der Waals surface area contributed by atoms with E-state index in [0.29, 0.717) is 0 Å². The molecule has 3 nitrogen and oxygen atoms in total. The van der Waals surface area contributed by atoms with Crippen molar-refractivity contribution in [3.63, 3.8) is 0 Å². The lowest BCUT2D eigenvalue weighted by atomic mass is 10.7. The minimum absolute atomic E-state index is 0.236. The van der Waals surface area contributed by atoms with Crippen LogP contribution in [-0.2, 0) is 14.3 Å². The molecule has 0 aliphatic rings. The fraction of sp³-hybridized carbons (Fsp3) is 0.667. The van der Waals surface area contributed by atoms with Crippen LogP contribution in [0.4, 0.5) is 0 Å². The van der Waals surface area contributed by atoms with Gasteiger partial charge in [0.15, 0.2) is 0 Å². The molecule has 0 unspecified atom stereocenters. The van der Waals surface area contributed by atoms with E-state index in [2.05, 4.69) is 4.74 Å². The van der Waals surface area contributed by atoms with Crippen LogP contribution in [0.1, 0.15) is 0 Å². The molecule has 5 heteroatoms. The van der Waals surface area contributed by atoms with Gasteiger partial charge in [0.1, 0.15) is 0 Å². The molecule has 0 aliphatic heterocycles. The lowest BCUT2D eigenvalue weighted by molar-refractivity contribution is -0.155. The number of thioether (sulfide) groups is 2. The molecular formula is C6H10O3S2. The van der Waals surface area contributed by atoms with Crippen molar-refractivity contribution in [3.05, 3.63) is 0 Å². The van der Waals surface area contributed by atoms with E-state index in [0.717, 1.165) is 0 Å². The van der Waals surface area contributed by atoms with E-state index in [-0.39, 0.29) is 11.5 Å². The lowest BCUT2D eigenvalue weighted by Crippen LogP contribution is -2.15. The Morgan fingerprint density at radius 1 is 1.09 bits per heavy atom. The van der Waals surface area contributed by atoms with Crippen LogP contribution in [0.3, 0.4) is 0 Å². The first-order valence-corrected chi connectivity index (χ1v) is 5.71. The van der Waals surface area contributed by atoms with Crippen LogP contribution < -0.4 is 0 Å². The first kappa shape index (κ1) is 10.8. The average molecular weight is 194 g/mol. The van der Waals surface area contributed by atoms with Gasteiger partial charge in [-0.25, -0.2) is 0 Å². The molecule has 0 saturated carbocycles. The summed E-state index contributed by atoms with van der Waals surface area (Å²) in [5.41, 5.74) is 0. The molecule has 0 bridgehead atoms. The van der Waals surface area contributed by atoms with Crippen molar-refractivity contribution in [2.24, 2.45) is 0 Å². The molecule has 0 N–H and O–H groups in total. The summed E-state index contributed by atoms with van der Waals surface area (Å²) in [5.74, 6) is -0.451. The maximum Gasteiger partial charge on any atom is 0.323 e. The molecule has 0 amide bonds. The van der Waals surface area contributed by atoms with Crippen LogP contribution in [0.5, 0.6) is 0 Å². The van der Waals surface area contributed by atoms with Gasteiger partial charge in [-0.2, -0.15) is 23.5 Å². The van der Waals surface area contributed by atoms with Crippen molar-refractivity contribution in [3.8, 4) is 0 Å². The topological polar surface area (TPSA) is 43.4 Å². The zero-order chi connectivity index (χ0) is 8.69. The van der Waals surface area contributed by atoms with Gasteiger partial charge in [0.25, 0.3) is 0 Å². The number of hydrogen-bond acceptors (Lipinski definition) is 5. The molecule has 0 spiro atoms. The van der Waals surface area contributed by atoms with E-state index in [1.54, 1.807) is 12.5 Å². The van der Waals surface area contributed by atoms with E-state index < -0.39 is 11.9 Å². The van der Waals surface area contributed by atoms with E-state index in [9.17, 15) is 9.59 Å². The molecule has 0 atom stereocenters. The van der Waals surface area contributed by atoms with E-state index in [4.69, 9.17) is 0 Å². The summed E-state index contributed by atoms with van der Waals surface area (Å²) in [6.45, 7) is 0. The number of rotatable bonds is 4. The maximum absolute atomic E-state index is 10.7. The predicted molar refractivity (Wildman–Crippen MR) is 47.9 cm³/mol. The highest BCUT2D eigenvalue weighted by Gasteiger charge is 2.07.